The Bertz CT molecular complexity index is 1020. The molecule has 0 spiro atoms. The topological polar surface area (TPSA) is 74.5 Å². The van der Waals surface area contributed by atoms with Crippen LogP contribution in [0.25, 0.3) is 0 Å². The predicted octanol–water partition coefficient (Wildman–Crippen LogP) is 4.21. The number of hydrazone groups is 1. The molecule has 0 saturated heterocycles. The van der Waals surface area contributed by atoms with E-state index < -0.39 is 0 Å². The summed E-state index contributed by atoms with van der Waals surface area (Å²) in [5.74, 6) is 0.431. The van der Waals surface area contributed by atoms with E-state index in [1.165, 1.54) is 0 Å². The number of nitrogens with zero attached hydrogens (tertiary/aromatic N) is 2. The average Bonchev–Trinajstić information content (AvgIpc) is 2.73. The van der Waals surface area contributed by atoms with Gasteiger partial charge < -0.3 is 4.74 Å². The first-order valence-electron chi connectivity index (χ1n) is 8.76. The van der Waals surface area contributed by atoms with Gasteiger partial charge in [-0.3, -0.25) is 4.79 Å². The van der Waals surface area contributed by atoms with Crippen LogP contribution >= 0.6 is 0 Å². The third-order valence-electron chi connectivity index (χ3n) is 4.11. The van der Waals surface area contributed by atoms with Gasteiger partial charge in [0.2, 0.25) is 0 Å². The van der Waals surface area contributed by atoms with Crippen LogP contribution in [0.2, 0.25) is 0 Å². The van der Waals surface area contributed by atoms with Gasteiger partial charge in [0.05, 0.1) is 17.8 Å². The van der Waals surface area contributed by atoms with E-state index >= 15 is 0 Å². The summed E-state index contributed by atoms with van der Waals surface area (Å²) in [6, 6.07) is 24.1. The Morgan fingerprint density at radius 2 is 1.79 bits per heavy atom. The highest BCUT2D eigenvalue weighted by Crippen LogP contribution is 2.15. The lowest BCUT2D eigenvalue weighted by atomic mass is 10.1. The Morgan fingerprint density at radius 3 is 2.50 bits per heavy atom. The van der Waals surface area contributed by atoms with Gasteiger partial charge in [-0.2, -0.15) is 10.4 Å². The lowest BCUT2D eigenvalue weighted by molar-refractivity contribution is 0.0955. The molecule has 0 unspecified atom stereocenters. The highest BCUT2D eigenvalue weighted by atomic mass is 16.5. The summed E-state index contributed by atoms with van der Waals surface area (Å²) in [6.07, 6.45) is 1.57. The number of nitriles is 1. The van der Waals surface area contributed by atoms with Crippen LogP contribution in [0.4, 0.5) is 0 Å². The fourth-order valence-corrected chi connectivity index (χ4v) is 2.50. The molecule has 0 aromatic heterocycles. The lowest BCUT2D eigenvalue weighted by Gasteiger charge is -2.07. The van der Waals surface area contributed by atoms with E-state index in [2.05, 4.69) is 16.6 Å². The largest absolute Gasteiger partial charge is 0.489 e. The van der Waals surface area contributed by atoms with Crippen LogP contribution in [0.15, 0.2) is 77.9 Å². The average molecular weight is 369 g/mol. The van der Waals surface area contributed by atoms with Crippen LogP contribution in [-0.2, 0) is 6.61 Å². The molecule has 0 saturated carbocycles. The number of carbonyl (C=O) groups excluding carboxylic acids is 1. The van der Waals surface area contributed by atoms with E-state index in [0.717, 1.165) is 16.7 Å². The molecule has 0 aliphatic heterocycles. The number of hydrogen-bond acceptors (Lipinski definition) is 4. The second kappa shape index (κ2) is 9.15. The molecule has 138 valence electrons. The summed E-state index contributed by atoms with van der Waals surface area (Å²) in [7, 11) is 0. The molecule has 0 aliphatic carbocycles. The Morgan fingerprint density at radius 1 is 1.07 bits per heavy atom. The number of ether oxygens (including phenoxy) is 1. The van der Waals surface area contributed by atoms with Gasteiger partial charge in [-0.15, -0.1) is 0 Å². The Kier molecular flexibility index (Phi) is 6.17. The third-order valence-corrected chi connectivity index (χ3v) is 4.11. The number of aryl methyl sites for hydroxylation is 1. The summed E-state index contributed by atoms with van der Waals surface area (Å²) in [5.41, 5.74) is 6.44. The van der Waals surface area contributed by atoms with Crippen molar-refractivity contribution >= 4 is 12.1 Å². The van der Waals surface area contributed by atoms with Gasteiger partial charge in [0.15, 0.2) is 0 Å². The van der Waals surface area contributed by atoms with Crippen molar-refractivity contribution in [1.29, 1.82) is 5.26 Å². The van der Waals surface area contributed by atoms with E-state index in [1.54, 1.807) is 24.4 Å². The predicted molar refractivity (Wildman–Crippen MR) is 108 cm³/mol. The lowest BCUT2D eigenvalue weighted by Crippen LogP contribution is -2.17. The third kappa shape index (κ3) is 5.05. The molecule has 5 heteroatoms. The number of hydrogen-bond donors (Lipinski definition) is 1. The zero-order valence-electron chi connectivity index (χ0n) is 15.4. The minimum Gasteiger partial charge on any atom is -0.489 e. The van der Waals surface area contributed by atoms with Crippen molar-refractivity contribution in [2.75, 3.05) is 0 Å². The van der Waals surface area contributed by atoms with Crippen LogP contribution in [0.1, 0.15) is 32.6 Å². The number of carbonyl (C=O) groups is 1. The first-order valence-corrected chi connectivity index (χ1v) is 8.76. The van der Waals surface area contributed by atoms with Crippen molar-refractivity contribution in [2.24, 2.45) is 5.10 Å². The fraction of sp³-hybridized carbons (Fsp3) is 0.0870. The Labute approximate surface area is 163 Å². The van der Waals surface area contributed by atoms with E-state index in [-0.39, 0.29) is 5.91 Å². The maximum atomic E-state index is 12.0. The maximum Gasteiger partial charge on any atom is 0.271 e. The molecule has 0 radical (unpaired) electrons. The SMILES string of the molecule is Cc1ccc(C(=O)N/N=C/c2ccc(OCc3ccccc3C#N)cc2)cc1. The molecule has 0 atom stereocenters. The fourth-order valence-electron chi connectivity index (χ4n) is 2.50. The van der Waals surface area contributed by atoms with E-state index in [9.17, 15) is 4.79 Å². The molecular formula is C23H19N3O2. The van der Waals surface area contributed by atoms with Gasteiger partial charge in [-0.1, -0.05) is 35.9 Å². The Hall–Kier alpha value is -3.91. The van der Waals surface area contributed by atoms with Crippen LogP contribution < -0.4 is 10.2 Å². The van der Waals surface area contributed by atoms with Crippen LogP contribution in [0, 0.1) is 18.3 Å². The molecular weight excluding hydrogens is 350 g/mol. The van der Waals surface area contributed by atoms with Crippen molar-refractivity contribution in [3.05, 3.63) is 101 Å². The van der Waals surface area contributed by atoms with Crippen LogP contribution in [0.5, 0.6) is 5.75 Å². The molecule has 0 fully saturated rings. The second-order valence-electron chi connectivity index (χ2n) is 6.19. The number of amides is 1. The molecule has 3 aromatic rings. The van der Waals surface area contributed by atoms with Gasteiger partial charge in [0.25, 0.3) is 5.91 Å². The zero-order valence-corrected chi connectivity index (χ0v) is 15.4. The highest BCUT2D eigenvalue weighted by molar-refractivity contribution is 5.94. The zero-order chi connectivity index (χ0) is 19.8. The van der Waals surface area contributed by atoms with Crippen molar-refractivity contribution in [2.45, 2.75) is 13.5 Å². The van der Waals surface area contributed by atoms with Crippen molar-refractivity contribution in [3.63, 3.8) is 0 Å². The highest BCUT2D eigenvalue weighted by Gasteiger charge is 2.03. The van der Waals surface area contributed by atoms with E-state index in [4.69, 9.17) is 10.00 Å². The molecule has 28 heavy (non-hydrogen) atoms. The summed E-state index contributed by atoms with van der Waals surface area (Å²) >= 11 is 0. The molecule has 5 nitrogen and oxygen atoms in total. The van der Waals surface area contributed by atoms with Crippen molar-refractivity contribution in [1.82, 2.24) is 5.43 Å². The minimum atomic E-state index is -0.257. The monoisotopic (exact) mass is 369 g/mol. The standard InChI is InChI=1S/C23H19N3O2/c1-17-6-10-19(11-7-17)23(27)26-25-15-18-8-12-22(13-9-18)28-16-21-5-3-2-4-20(21)14-24/h2-13,15H,16H2,1H3,(H,26,27)/b25-15+. The smallest absolute Gasteiger partial charge is 0.271 e. The number of benzene rings is 3. The second-order valence-corrected chi connectivity index (χ2v) is 6.19. The summed E-state index contributed by atoms with van der Waals surface area (Å²) in [5, 5.41) is 13.1. The maximum absolute atomic E-state index is 12.0. The molecule has 0 aliphatic rings. The first-order chi connectivity index (χ1) is 13.7. The summed E-state index contributed by atoms with van der Waals surface area (Å²) < 4.78 is 5.73. The summed E-state index contributed by atoms with van der Waals surface area (Å²) in [6.45, 7) is 2.29. The quantitative estimate of drug-likeness (QED) is 0.522. The molecule has 0 heterocycles. The molecule has 3 rings (SSSR count). The van der Waals surface area contributed by atoms with Crippen LogP contribution in [-0.4, -0.2) is 12.1 Å². The van der Waals surface area contributed by atoms with Gasteiger partial charge in [-0.05, 0) is 55.0 Å². The molecule has 0 bridgehead atoms. The molecule has 3 aromatic carbocycles. The van der Waals surface area contributed by atoms with Gasteiger partial charge in [0, 0.05) is 11.1 Å². The van der Waals surface area contributed by atoms with Crippen molar-refractivity contribution < 1.29 is 9.53 Å². The molecule has 1 N–H and O–H groups in total. The molecule has 1 amide bonds. The summed E-state index contributed by atoms with van der Waals surface area (Å²) in [4.78, 5) is 12.0. The first kappa shape index (κ1) is 18.9. The Balaban J connectivity index is 1.54. The van der Waals surface area contributed by atoms with Gasteiger partial charge in [-0.25, -0.2) is 5.43 Å². The van der Waals surface area contributed by atoms with Gasteiger partial charge in [0.1, 0.15) is 12.4 Å². The van der Waals surface area contributed by atoms with Crippen molar-refractivity contribution in [3.8, 4) is 11.8 Å². The van der Waals surface area contributed by atoms with Crippen LogP contribution in [0.3, 0.4) is 0 Å². The number of nitrogens with one attached hydrogen (secondary N) is 1. The normalized spacial score (nSPS) is 10.4. The number of rotatable bonds is 6. The minimum absolute atomic E-state index is 0.257. The van der Waals surface area contributed by atoms with E-state index in [0.29, 0.717) is 23.5 Å². The van der Waals surface area contributed by atoms with Gasteiger partial charge >= 0.3 is 0 Å². The van der Waals surface area contributed by atoms with E-state index in [1.807, 2.05) is 61.5 Å².